The molecule has 0 aliphatic carbocycles. The first-order valence-electron chi connectivity index (χ1n) is 9.09. The highest BCUT2D eigenvalue weighted by atomic mass is 32.2. The third kappa shape index (κ3) is 5.44. The summed E-state index contributed by atoms with van der Waals surface area (Å²) in [5.74, 6) is 0.781. The van der Waals surface area contributed by atoms with Crippen LogP contribution in [0.25, 0.3) is 0 Å². The fraction of sp³-hybridized carbons (Fsp3) is 0.217. The number of thioether (sulfide) groups is 1. The summed E-state index contributed by atoms with van der Waals surface area (Å²) in [7, 11) is 0. The molecule has 1 amide bonds. The first-order valence-corrected chi connectivity index (χ1v) is 10.1. The maximum Gasteiger partial charge on any atom is 0.221 e. The number of benzene rings is 2. The lowest BCUT2D eigenvalue weighted by atomic mass is 10.0. The molecule has 0 fully saturated rings. The summed E-state index contributed by atoms with van der Waals surface area (Å²) in [4.78, 5) is 18.2. The van der Waals surface area contributed by atoms with E-state index in [-0.39, 0.29) is 11.9 Å². The number of carbonyl (C=O) groups excluding carboxylic acids is 1. The van der Waals surface area contributed by atoms with Crippen LogP contribution in [0.4, 0.5) is 0 Å². The molecule has 0 bridgehead atoms. The Morgan fingerprint density at radius 3 is 2.48 bits per heavy atom. The molecule has 0 aliphatic heterocycles. The van der Waals surface area contributed by atoms with Gasteiger partial charge in [-0.3, -0.25) is 9.78 Å². The van der Waals surface area contributed by atoms with Gasteiger partial charge in [-0.25, -0.2) is 0 Å². The Hall–Kier alpha value is -2.59. The molecule has 0 aliphatic rings. The maximum absolute atomic E-state index is 12.6. The minimum absolute atomic E-state index is 0.0332. The van der Waals surface area contributed by atoms with Gasteiger partial charge in [0.2, 0.25) is 5.91 Å². The van der Waals surface area contributed by atoms with Crippen molar-refractivity contribution in [2.24, 2.45) is 0 Å². The van der Waals surface area contributed by atoms with E-state index in [9.17, 15) is 4.79 Å². The van der Waals surface area contributed by atoms with Crippen molar-refractivity contribution < 1.29 is 4.79 Å². The van der Waals surface area contributed by atoms with Gasteiger partial charge in [-0.15, -0.1) is 11.8 Å². The molecule has 1 N–H and O–H groups in total. The van der Waals surface area contributed by atoms with Gasteiger partial charge in [0.1, 0.15) is 0 Å². The lowest BCUT2D eigenvalue weighted by Gasteiger charge is -2.19. The second-order valence-electron chi connectivity index (χ2n) is 6.51. The van der Waals surface area contributed by atoms with Gasteiger partial charge in [-0.05, 0) is 54.8 Å². The van der Waals surface area contributed by atoms with E-state index in [0.717, 1.165) is 17.0 Å². The monoisotopic (exact) mass is 376 g/mol. The van der Waals surface area contributed by atoms with Crippen LogP contribution < -0.4 is 5.32 Å². The summed E-state index contributed by atoms with van der Waals surface area (Å²) in [5.41, 5.74) is 4.45. The maximum atomic E-state index is 12.6. The zero-order valence-corrected chi connectivity index (χ0v) is 16.5. The molecular weight excluding hydrogens is 352 g/mol. The van der Waals surface area contributed by atoms with Crippen molar-refractivity contribution in [1.82, 2.24) is 10.3 Å². The van der Waals surface area contributed by atoms with Crippen molar-refractivity contribution in [3.05, 3.63) is 95.3 Å². The van der Waals surface area contributed by atoms with Crippen LogP contribution in [0.5, 0.6) is 0 Å². The van der Waals surface area contributed by atoms with Crippen LogP contribution in [0.15, 0.2) is 77.8 Å². The Labute approximate surface area is 165 Å². The summed E-state index contributed by atoms with van der Waals surface area (Å²) >= 11 is 1.71. The smallest absolute Gasteiger partial charge is 0.221 e. The Kier molecular flexibility index (Phi) is 6.66. The molecule has 0 saturated carbocycles. The summed E-state index contributed by atoms with van der Waals surface area (Å²) in [6.45, 7) is 4.22. The van der Waals surface area contributed by atoms with Gasteiger partial charge in [-0.2, -0.15) is 0 Å². The number of hydrogen-bond donors (Lipinski definition) is 1. The SMILES string of the molecule is Cc1ccc(SCCC(=O)NC(c2ccccc2)c2ccccn2)cc1C. The van der Waals surface area contributed by atoms with E-state index in [1.165, 1.54) is 16.0 Å². The number of aryl methyl sites for hydroxylation is 2. The van der Waals surface area contributed by atoms with Gasteiger partial charge in [0, 0.05) is 23.3 Å². The molecule has 3 rings (SSSR count). The minimum Gasteiger partial charge on any atom is -0.344 e. The first kappa shape index (κ1) is 19.2. The van der Waals surface area contributed by atoms with Crippen LogP contribution in [0.2, 0.25) is 0 Å². The van der Waals surface area contributed by atoms with Crippen molar-refractivity contribution in [3.63, 3.8) is 0 Å². The van der Waals surface area contributed by atoms with Crippen LogP contribution in [-0.2, 0) is 4.79 Å². The van der Waals surface area contributed by atoms with E-state index in [2.05, 4.69) is 42.3 Å². The predicted molar refractivity (Wildman–Crippen MR) is 112 cm³/mol. The van der Waals surface area contributed by atoms with Gasteiger partial charge < -0.3 is 5.32 Å². The Morgan fingerprint density at radius 1 is 1.00 bits per heavy atom. The average molecular weight is 377 g/mol. The van der Waals surface area contributed by atoms with Gasteiger partial charge in [0.15, 0.2) is 0 Å². The summed E-state index contributed by atoms with van der Waals surface area (Å²) in [6.07, 6.45) is 2.22. The molecule has 0 saturated heterocycles. The van der Waals surface area contributed by atoms with E-state index >= 15 is 0 Å². The molecule has 2 aromatic carbocycles. The fourth-order valence-electron chi connectivity index (χ4n) is 2.82. The lowest BCUT2D eigenvalue weighted by Crippen LogP contribution is -2.30. The number of amides is 1. The number of nitrogens with zero attached hydrogens (tertiary/aromatic N) is 1. The number of aromatic nitrogens is 1. The fourth-order valence-corrected chi connectivity index (χ4v) is 3.77. The van der Waals surface area contributed by atoms with E-state index in [1.54, 1.807) is 18.0 Å². The van der Waals surface area contributed by atoms with Crippen LogP contribution in [-0.4, -0.2) is 16.6 Å². The van der Waals surface area contributed by atoms with Crippen LogP contribution >= 0.6 is 11.8 Å². The summed E-state index contributed by atoms with van der Waals surface area (Å²) in [6, 6.07) is 21.9. The quantitative estimate of drug-likeness (QED) is 0.584. The zero-order valence-electron chi connectivity index (χ0n) is 15.7. The molecule has 1 atom stereocenters. The van der Waals surface area contributed by atoms with E-state index < -0.39 is 0 Å². The van der Waals surface area contributed by atoms with Crippen molar-refractivity contribution in [1.29, 1.82) is 0 Å². The highest BCUT2D eigenvalue weighted by Crippen LogP contribution is 2.23. The molecule has 1 heterocycles. The number of carbonyl (C=O) groups is 1. The van der Waals surface area contributed by atoms with Crippen molar-refractivity contribution in [2.75, 3.05) is 5.75 Å². The first-order chi connectivity index (χ1) is 13.1. The summed E-state index contributed by atoms with van der Waals surface area (Å²) < 4.78 is 0. The topological polar surface area (TPSA) is 42.0 Å². The second-order valence-corrected chi connectivity index (χ2v) is 7.68. The minimum atomic E-state index is -0.230. The standard InChI is InChI=1S/C23H24N2OS/c1-17-11-12-20(16-18(17)2)27-15-13-22(26)25-23(19-8-4-3-5-9-19)21-10-6-7-14-24-21/h3-12,14,16,23H,13,15H2,1-2H3,(H,25,26). The predicted octanol–water partition coefficient (Wildman–Crippen LogP) is 5.09. The highest BCUT2D eigenvalue weighted by Gasteiger charge is 2.17. The Bertz CT molecular complexity index is 842. The zero-order chi connectivity index (χ0) is 19.1. The third-order valence-electron chi connectivity index (χ3n) is 4.50. The number of pyridine rings is 1. The molecule has 4 heteroatoms. The molecule has 3 aromatic rings. The van der Waals surface area contributed by atoms with Crippen LogP contribution in [0.1, 0.15) is 34.8 Å². The average Bonchev–Trinajstić information content (AvgIpc) is 2.70. The number of rotatable bonds is 7. The Morgan fingerprint density at radius 2 is 1.78 bits per heavy atom. The molecule has 27 heavy (non-hydrogen) atoms. The van der Waals surface area contributed by atoms with Crippen LogP contribution in [0.3, 0.4) is 0 Å². The van der Waals surface area contributed by atoms with Crippen molar-refractivity contribution in [3.8, 4) is 0 Å². The Balaban J connectivity index is 1.62. The largest absolute Gasteiger partial charge is 0.344 e. The number of nitrogens with one attached hydrogen (secondary N) is 1. The van der Waals surface area contributed by atoms with E-state index in [4.69, 9.17) is 0 Å². The summed E-state index contributed by atoms with van der Waals surface area (Å²) in [5, 5.41) is 3.14. The third-order valence-corrected chi connectivity index (χ3v) is 5.49. The molecule has 0 radical (unpaired) electrons. The molecule has 138 valence electrons. The molecule has 1 aromatic heterocycles. The molecule has 1 unspecified atom stereocenters. The highest BCUT2D eigenvalue weighted by molar-refractivity contribution is 7.99. The van der Waals surface area contributed by atoms with Gasteiger partial charge >= 0.3 is 0 Å². The molecular formula is C23H24N2OS. The van der Waals surface area contributed by atoms with E-state index in [0.29, 0.717) is 6.42 Å². The molecule has 0 spiro atoms. The van der Waals surface area contributed by atoms with Crippen molar-refractivity contribution >= 4 is 17.7 Å². The molecule has 3 nitrogen and oxygen atoms in total. The second kappa shape index (κ2) is 9.38. The number of hydrogen-bond acceptors (Lipinski definition) is 3. The van der Waals surface area contributed by atoms with Gasteiger partial charge in [0.05, 0.1) is 11.7 Å². The van der Waals surface area contributed by atoms with E-state index in [1.807, 2.05) is 48.5 Å². The normalized spacial score (nSPS) is 11.8. The van der Waals surface area contributed by atoms with Crippen LogP contribution in [0, 0.1) is 13.8 Å². The lowest BCUT2D eigenvalue weighted by molar-refractivity contribution is -0.121. The van der Waals surface area contributed by atoms with Gasteiger partial charge in [0.25, 0.3) is 0 Å². The van der Waals surface area contributed by atoms with Gasteiger partial charge in [-0.1, -0.05) is 42.5 Å². The van der Waals surface area contributed by atoms with Crippen molar-refractivity contribution in [2.45, 2.75) is 31.2 Å².